The first-order chi connectivity index (χ1) is 8.72. The van der Waals surface area contributed by atoms with Crippen LogP contribution in [0, 0.1) is 0 Å². The van der Waals surface area contributed by atoms with Gasteiger partial charge in [-0.15, -0.1) is 0 Å². The van der Waals surface area contributed by atoms with Crippen molar-refractivity contribution in [1.82, 2.24) is 5.32 Å². The molecule has 0 heterocycles. The number of benzene rings is 1. The number of carbonyl (C=O) groups is 1. The van der Waals surface area contributed by atoms with Crippen LogP contribution >= 0.6 is 0 Å². The molecule has 0 saturated heterocycles. The Kier molecular flexibility index (Phi) is 6.39. The second-order valence-corrected chi connectivity index (χ2v) is 4.08. The molecule has 1 N–H and O–H groups in total. The molecule has 4 heteroatoms. The van der Waals surface area contributed by atoms with Gasteiger partial charge in [0.1, 0.15) is 6.04 Å². The van der Waals surface area contributed by atoms with Crippen molar-refractivity contribution in [3.05, 3.63) is 35.4 Å². The first-order valence-electron chi connectivity index (χ1n) is 6.12. The molecule has 0 aliphatic rings. The summed E-state index contributed by atoms with van der Waals surface area (Å²) in [5, 5.41) is 3.18. The molecule has 0 saturated carbocycles. The van der Waals surface area contributed by atoms with Gasteiger partial charge in [0.15, 0.2) is 0 Å². The fourth-order valence-electron chi connectivity index (χ4n) is 1.72. The Morgan fingerprint density at radius 2 is 1.94 bits per heavy atom. The zero-order valence-electron chi connectivity index (χ0n) is 11.2. The predicted octanol–water partition coefficient (Wildman–Crippen LogP) is 2.05. The third kappa shape index (κ3) is 4.13. The lowest BCUT2D eigenvalue weighted by molar-refractivity contribution is -0.143. The van der Waals surface area contributed by atoms with Crippen LogP contribution in [0.15, 0.2) is 24.3 Å². The molecule has 0 fully saturated rings. The highest BCUT2D eigenvalue weighted by Gasteiger charge is 2.20. The Labute approximate surface area is 108 Å². The molecule has 0 aromatic heterocycles. The van der Waals surface area contributed by atoms with E-state index in [0.717, 1.165) is 24.1 Å². The van der Waals surface area contributed by atoms with E-state index in [4.69, 9.17) is 9.47 Å². The van der Waals surface area contributed by atoms with Crippen LogP contribution in [0.25, 0.3) is 0 Å². The minimum Gasteiger partial charge on any atom is -0.468 e. The number of ether oxygens (including phenoxy) is 2. The lowest BCUT2D eigenvalue weighted by Gasteiger charge is -2.16. The van der Waals surface area contributed by atoms with Gasteiger partial charge in [0, 0.05) is 7.11 Å². The van der Waals surface area contributed by atoms with E-state index < -0.39 is 6.04 Å². The van der Waals surface area contributed by atoms with E-state index in [-0.39, 0.29) is 5.97 Å². The van der Waals surface area contributed by atoms with Gasteiger partial charge in [-0.1, -0.05) is 31.2 Å². The van der Waals surface area contributed by atoms with E-state index in [1.54, 1.807) is 7.11 Å². The summed E-state index contributed by atoms with van der Waals surface area (Å²) >= 11 is 0. The summed E-state index contributed by atoms with van der Waals surface area (Å²) < 4.78 is 9.87. The summed E-state index contributed by atoms with van der Waals surface area (Å²) in [6.45, 7) is 3.41. The van der Waals surface area contributed by atoms with Crippen molar-refractivity contribution in [3.8, 4) is 0 Å². The monoisotopic (exact) mass is 251 g/mol. The maximum atomic E-state index is 11.7. The van der Waals surface area contributed by atoms with E-state index >= 15 is 0 Å². The fraction of sp³-hybridized carbons (Fsp3) is 0.500. The standard InChI is InChI=1S/C14H21NO3/c1-4-9-15-13(14(16)18-3)12-7-5-11(6-8-12)10-17-2/h5-8,13,15H,4,9-10H2,1-3H3. The normalized spacial score (nSPS) is 12.2. The Balaban J connectivity index is 2.80. The average Bonchev–Trinajstić information content (AvgIpc) is 2.41. The van der Waals surface area contributed by atoms with Crippen LogP contribution in [0.4, 0.5) is 0 Å². The molecule has 4 nitrogen and oxygen atoms in total. The molecule has 0 aliphatic heterocycles. The Hall–Kier alpha value is -1.39. The fourth-order valence-corrected chi connectivity index (χ4v) is 1.72. The van der Waals surface area contributed by atoms with Crippen molar-refractivity contribution in [2.24, 2.45) is 0 Å². The van der Waals surface area contributed by atoms with E-state index in [9.17, 15) is 4.79 Å². The Morgan fingerprint density at radius 1 is 1.28 bits per heavy atom. The minimum atomic E-state index is -0.397. The van der Waals surface area contributed by atoms with Crippen LogP contribution < -0.4 is 5.32 Å². The molecule has 1 rings (SSSR count). The first-order valence-corrected chi connectivity index (χ1v) is 6.12. The average molecular weight is 251 g/mol. The lowest BCUT2D eigenvalue weighted by Crippen LogP contribution is -2.30. The maximum absolute atomic E-state index is 11.7. The maximum Gasteiger partial charge on any atom is 0.327 e. The lowest BCUT2D eigenvalue weighted by atomic mass is 10.0. The second kappa shape index (κ2) is 7.84. The van der Waals surface area contributed by atoms with Gasteiger partial charge in [0.05, 0.1) is 13.7 Å². The van der Waals surface area contributed by atoms with Crippen molar-refractivity contribution in [2.45, 2.75) is 26.0 Å². The molecule has 0 bridgehead atoms. The third-order valence-electron chi connectivity index (χ3n) is 2.66. The van der Waals surface area contributed by atoms with E-state index in [0.29, 0.717) is 6.61 Å². The SMILES string of the molecule is CCCNC(C(=O)OC)c1ccc(COC)cc1. The topological polar surface area (TPSA) is 47.6 Å². The summed E-state index contributed by atoms with van der Waals surface area (Å²) in [6.07, 6.45) is 0.968. The van der Waals surface area contributed by atoms with Gasteiger partial charge in [0.2, 0.25) is 0 Å². The van der Waals surface area contributed by atoms with Crippen molar-refractivity contribution in [3.63, 3.8) is 0 Å². The molecule has 0 aliphatic carbocycles. The molecule has 1 atom stereocenters. The highest BCUT2D eigenvalue weighted by molar-refractivity contribution is 5.77. The van der Waals surface area contributed by atoms with Gasteiger partial charge in [-0.3, -0.25) is 0 Å². The van der Waals surface area contributed by atoms with Gasteiger partial charge >= 0.3 is 5.97 Å². The van der Waals surface area contributed by atoms with Gasteiger partial charge in [-0.05, 0) is 24.1 Å². The van der Waals surface area contributed by atoms with Crippen LogP contribution in [0.2, 0.25) is 0 Å². The van der Waals surface area contributed by atoms with E-state index in [2.05, 4.69) is 12.2 Å². The first kappa shape index (κ1) is 14.7. The van der Waals surface area contributed by atoms with Crippen LogP contribution in [0.3, 0.4) is 0 Å². The number of methoxy groups -OCH3 is 2. The Bertz CT molecular complexity index is 362. The van der Waals surface area contributed by atoms with Gasteiger partial charge in [0.25, 0.3) is 0 Å². The molecular formula is C14H21NO3. The van der Waals surface area contributed by atoms with Crippen LogP contribution in [-0.2, 0) is 20.9 Å². The molecule has 0 radical (unpaired) electrons. The largest absolute Gasteiger partial charge is 0.468 e. The number of esters is 1. The summed E-state index contributed by atoms with van der Waals surface area (Å²) in [5.41, 5.74) is 2.00. The second-order valence-electron chi connectivity index (χ2n) is 4.08. The minimum absolute atomic E-state index is 0.261. The summed E-state index contributed by atoms with van der Waals surface area (Å²) in [5.74, 6) is -0.261. The molecule has 0 spiro atoms. The number of carbonyl (C=O) groups excluding carboxylic acids is 1. The quantitative estimate of drug-likeness (QED) is 0.753. The molecule has 1 aromatic carbocycles. The van der Waals surface area contributed by atoms with Gasteiger partial charge in [-0.2, -0.15) is 0 Å². The summed E-state index contributed by atoms with van der Waals surface area (Å²) in [6, 6.07) is 7.38. The van der Waals surface area contributed by atoms with Crippen molar-refractivity contribution < 1.29 is 14.3 Å². The smallest absolute Gasteiger partial charge is 0.327 e. The molecular weight excluding hydrogens is 230 g/mol. The predicted molar refractivity (Wildman–Crippen MR) is 70.2 cm³/mol. The number of hydrogen-bond acceptors (Lipinski definition) is 4. The number of nitrogens with one attached hydrogen (secondary N) is 1. The Morgan fingerprint density at radius 3 is 2.44 bits per heavy atom. The van der Waals surface area contributed by atoms with Crippen molar-refractivity contribution in [1.29, 1.82) is 0 Å². The number of rotatable bonds is 7. The molecule has 1 unspecified atom stereocenters. The van der Waals surface area contributed by atoms with Crippen molar-refractivity contribution in [2.75, 3.05) is 20.8 Å². The highest BCUT2D eigenvalue weighted by atomic mass is 16.5. The van der Waals surface area contributed by atoms with E-state index in [1.807, 2.05) is 24.3 Å². The molecule has 1 aromatic rings. The van der Waals surface area contributed by atoms with Gasteiger partial charge in [-0.25, -0.2) is 4.79 Å². The van der Waals surface area contributed by atoms with Crippen LogP contribution in [-0.4, -0.2) is 26.7 Å². The summed E-state index contributed by atoms with van der Waals surface area (Å²) in [7, 11) is 3.07. The zero-order valence-corrected chi connectivity index (χ0v) is 11.2. The molecule has 18 heavy (non-hydrogen) atoms. The number of hydrogen-bond donors (Lipinski definition) is 1. The van der Waals surface area contributed by atoms with Gasteiger partial charge < -0.3 is 14.8 Å². The molecule has 0 amide bonds. The molecule has 100 valence electrons. The van der Waals surface area contributed by atoms with Crippen LogP contribution in [0.1, 0.15) is 30.5 Å². The van der Waals surface area contributed by atoms with E-state index in [1.165, 1.54) is 7.11 Å². The van der Waals surface area contributed by atoms with Crippen LogP contribution in [0.5, 0.6) is 0 Å². The summed E-state index contributed by atoms with van der Waals surface area (Å²) in [4.78, 5) is 11.7. The third-order valence-corrected chi connectivity index (χ3v) is 2.66. The highest BCUT2D eigenvalue weighted by Crippen LogP contribution is 2.16. The zero-order chi connectivity index (χ0) is 13.4. The van der Waals surface area contributed by atoms with Crippen molar-refractivity contribution >= 4 is 5.97 Å².